The molecule has 1 aromatic rings. The molecule has 5 nitrogen and oxygen atoms in total. The molecule has 1 rings (SSSR count). The molecule has 0 fully saturated rings. The molecule has 0 amide bonds. The molecule has 0 aliphatic carbocycles. The van der Waals surface area contributed by atoms with Crippen molar-refractivity contribution in [3.8, 4) is 5.75 Å². The van der Waals surface area contributed by atoms with Crippen molar-refractivity contribution >= 4 is 10.0 Å². The normalized spacial score (nSPS) is 13.5. The standard InChI is InChI=1S/C14H23NO4S/c1-5-19-14-7-6-12(8-11(14)4)20(17,18)15-9-13(16)10(2)3/h6-8,10,13,15-16H,5,9H2,1-4H3. The molecule has 1 aromatic carbocycles. The van der Waals surface area contributed by atoms with Crippen LogP contribution in [0.15, 0.2) is 23.1 Å². The third-order valence-corrected chi connectivity index (χ3v) is 4.43. The van der Waals surface area contributed by atoms with Crippen molar-refractivity contribution < 1.29 is 18.3 Å². The first-order valence-electron chi connectivity index (χ1n) is 6.69. The van der Waals surface area contributed by atoms with Gasteiger partial charge in [0.15, 0.2) is 0 Å². The molecule has 0 aliphatic heterocycles. The molecule has 0 saturated heterocycles. The quantitative estimate of drug-likeness (QED) is 0.803. The zero-order valence-corrected chi connectivity index (χ0v) is 13.2. The summed E-state index contributed by atoms with van der Waals surface area (Å²) in [5.41, 5.74) is 0.763. The number of aliphatic hydroxyl groups excluding tert-OH is 1. The Hall–Kier alpha value is -1.11. The molecule has 114 valence electrons. The van der Waals surface area contributed by atoms with Gasteiger partial charge in [-0.3, -0.25) is 0 Å². The summed E-state index contributed by atoms with van der Waals surface area (Å²) in [7, 11) is -3.61. The number of hydrogen-bond acceptors (Lipinski definition) is 4. The summed E-state index contributed by atoms with van der Waals surface area (Å²) in [4.78, 5) is 0.175. The van der Waals surface area contributed by atoms with E-state index >= 15 is 0 Å². The summed E-state index contributed by atoms with van der Waals surface area (Å²) < 4.78 is 32.0. The number of nitrogens with one attached hydrogen (secondary N) is 1. The molecule has 0 bridgehead atoms. The Bertz CT molecular complexity index is 540. The van der Waals surface area contributed by atoms with Crippen LogP contribution in [0, 0.1) is 12.8 Å². The Morgan fingerprint density at radius 3 is 2.50 bits per heavy atom. The highest BCUT2D eigenvalue weighted by Crippen LogP contribution is 2.21. The Kier molecular flexibility index (Phi) is 5.98. The van der Waals surface area contributed by atoms with Gasteiger partial charge in [-0.2, -0.15) is 0 Å². The van der Waals surface area contributed by atoms with E-state index in [4.69, 9.17) is 4.74 Å². The van der Waals surface area contributed by atoms with Crippen molar-refractivity contribution in [2.75, 3.05) is 13.2 Å². The fraction of sp³-hybridized carbons (Fsp3) is 0.571. The van der Waals surface area contributed by atoms with Gasteiger partial charge in [0.05, 0.1) is 17.6 Å². The number of sulfonamides is 1. The summed E-state index contributed by atoms with van der Waals surface area (Å²) >= 11 is 0. The van der Waals surface area contributed by atoms with E-state index in [-0.39, 0.29) is 17.4 Å². The van der Waals surface area contributed by atoms with Crippen LogP contribution in [0.5, 0.6) is 5.75 Å². The van der Waals surface area contributed by atoms with Crippen molar-refractivity contribution in [3.05, 3.63) is 23.8 Å². The monoisotopic (exact) mass is 301 g/mol. The SMILES string of the molecule is CCOc1ccc(S(=O)(=O)NCC(O)C(C)C)cc1C. The Balaban J connectivity index is 2.85. The van der Waals surface area contributed by atoms with Crippen molar-refractivity contribution in [1.29, 1.82) is 0 Å². The van der Waals surface area contributed by atoms with Crippen molar-refractivity contribution in [3.63, 3.8) is 0 Å². The molecule has 20 heavy (non-hydrogen) atoms. The third-order valence-electron chi connectivity index (χ3n) is 3.01. The lowest BCUT2D eigenvalue weighted by Gasteiger charge is -2.16. The maximum absolute atomic E-state index is 12.1. The highest BCUT2D eigenvalue weighted by molar-refractivity contribution is 7.89. The van der Waals surface area contributed by atoms with Crippen molar-refractivity contribution in [1.82, 2.24) is 4.72 Å². The van der Waals surface area contributed by atoms with E-state index in [1.165, 1.54) is 6.07 Å². The van der Waals surface area contributed by atoms with Gasteiger partial charge in [0.1, 0.15) is 5.75 Å². The summed E-state index contributed by atoms with van der Waals surface area (Å²) in [5, 5.41) is 9.66. The van der Waals surface area contributed by atoms with Crippen LogP contribution < -0.4 is 9.46 Å². The van der Waals surface area contributed by atoms with Gasteiger partial charge in [0.2, 0.25) is 10.0 Å². The minimum Gasteiger partial charge on any atom is -0.494 e. The lowest BCUT2D eigenvalue weighted by Crippen LogP contribution is -2.34. The summed E-state index contributed by atoms with van der Waals surface area (Å²) in [5.74, 6) is 0.674. The van der Waals surface area contributed by atoms with Crippen LogP contribution in [0.1, 0.15) is 26.3 Å². The van der Waals surface area contributed by atoms with E-state index in [0.29, 0.717) is 12.4 Å². The number of hydrogen-bond donors (Lipinski definition) is 2. The van der Waals surface area contributed by atoms with Gasteiger partial charge in [-0.1, -0.05) is 13.8 Å². The molecule has 6 heteroatoms. The lowest BCUT2D eigenvalue weighted by atomic mass is 10.1. The molecule has 1 atom stereocenters. The maximum atomic E-state index is 12.1. The first kappa shape index (κ1) is 16.9. The minimum atomic E-state index is -3.61. The van der Waals surface area contributed by atoms with E-state index in [2.05, 4.69) is 4.72 Å². The Morgan fingerprint density at radius 1 is 1.35 bits per heavy atom. The van der Waals surface area contributed by atoms with Crippen molar-refractivity contribution in [2.45, 2.75) is 38.7 Å². The van der Waals surface area contributed by atoms with Gasteiger partial charge < -0.3 is 9.84 Å². The van der Waals surface area contributed by atoms with E-state index in [1.807, 2.05) is 20.8 Å². The lowest BCUT2D eigenvalue weighted by molar-refractivity contribution is 0.129. The highest BCUT2D eigenvalue weighted by atomic mass is 32.2. The molecule has 0 radical (unpaired) electrons. The maximum Gasteiger partial charge on any atom is 0.240 e. The zero-order chi connectivity index (χ0) is 15.3. The molecule has 0 spiro atoms. The predicted octanol–water partition coefficient (Wildman–Crippen LogP) is 1.69. The summed E-state index contributed by atoms with van der Waals surface area (Å²) in [6, 6.07) is 4.71. The highest BCUT2D eigenvalue weighted by Gasteiger charge is 2.18. The van der Waals surface area contributed by atoms with Crippen LogP contribution in [0.2, 0.25) is 0 Å². The van der Waals surface area contributed by atoms with E-state index in [0.717, 1.165) is 5.56 Å². The number of aryl methyl sites for hydroxylation is 1. The third kappa shape index (κ3) is 4.47. The van der Waals surface area contributed by atoms with Crippen LogP contribution >= 0.6 is 0 Å². The molecular formula is C14H23NO4S. The number of ether oxygens (including phenoxy) is 1. The topological polar surface area (TPSA) is 75.6 Å². The van der Waals surface area contributed by atoms with Gasteiger partial charge in [-0.05, 0) is 43.5 Å². The molecule has 1 unspecified atom stereocenters. The minimum absolute atomic E-state index is 0.000216. The van der Waals surface area contributed by atoms with Gasteiger partial charge in [0.25, 0.3) is 0 Å². The summed E-state index contributed by atoms with van der Waals surface area (Å²) in [6.07, 6.45) is -0.700. The Morgan fingerprint density at radius 2 is 2.00 bits per heavy atom. The zero-order valence-electron chi connectivity index (χ0n) is 12.4. The van der Waals surface area contributed by atoms with Crippen LogP contribution in [0.25, 0.3) is 0 Å². The molecule has 0 heterocycles. The average Bonchev–Trinajstić information content (AvgIpc) is 2.38. The van der Waals surface area contributed by atoms with Crippen LogP contribution in [0.3, 0.4) is 0 Å². The Labute approximate surface area is 121 Å². The number of aliphatic hydroxyl groups is 1. The molecular weight excluding hydrogens is 278 g/mol. The first-order valence-corrected chi connectivity index (χ1v) is 8.17. The number of benzene rings is 1. The molecule has 2 N–H and O–H groups in total. The van der Waals surface area contributed by atoms with E-state index < -0.39 is 16.1 Å². The van der Waals surface area contributed by atoms with Crippen LogP contribution in [-0.2, 0) is 10.0 Å². The average molecular weight is 301 g/mol. The molecule has 0 saturated carbocycles. The molecule has 0 aromatic heterocycles. The largest absolute Gasteiger partial charge is 0.494 e. The van der Waals surface area contributed by atoms with E-state index in [1.54, 1.807) is 19.1 Å². The van der Waals surface area contributed by atoms with E-state index in [9.17, 15) is 13.5 Å². The summed E-state index contributed by atoms with van der Waals surface area (Å²) in [6.45, 7) is 7.88. The fourth-order valence-corrected chi connectivity index (χ4v) is 2.76. The predicted molar refractivity (Wildman–Crippen MR) is 78.4 cm³/mol. The fourth-order valence-electron chi connectivity index (χ4n) is 1.62. The van der Waals surface area contributed by atoms with Crippen LogP contribution in [0.4, 0.5) is 0 Å². The van der Waals surface area contributed by atoms with Crippen molar-refractivity contribution in [2.24, 2.45) is 5.92 Å². The smallest absolute Gasteiger partial charge is 0.240 e. The molecule has 0 aliphatic rings. The second-order valence-corrected chi connectivity index (χ2v) is 6.79. The second kappa shape index (κ2) is 7.06. The van der Waals surface area contributed by atoms with Gasteiger partial charge in [-0.15, -0.1) is 0 Å². The van der Waals surface area contributed by atoms with Gasteiger partial charge >= 0.3 is 0 Å². The van der Waals surface area contributed by atoms with Gasteiger partial charge in [-0.25, -0.2) is 13.1 Å². The van der Waals surface area contributed by atoms with Crippen LogP contribution in [-0.4, -0.2) is 32.8 Å². The number of rotatable bonds is 7. The second-order valence-electron chi connectivity index (χ2n) is 5.02. The van der Waals surface area contributed by atoms with Gasteiger partial charge in [0, 0.05) is 6.54 Å². The first-order chi connectivity index (χ1) is 9.27.